The van der Waals surface area contributed by atoms with Gasteiger partial charge in [-0.25, -0.2) is 13.2 Å². The van der Waals surface area contributed by atoms with E-state index in [9.17, 15) is 14.7 Å². The van der Waals surface area contributed by atoms with Crippen LogP contribution >= 0.6 is 0 Å². The van der Waals surface area contributed by atoms with Crippen LogP contribution in [-0.4, -0.2) is 57.2 Å². The molecule has 1 saturated heterocycles. The Balaban J connectivity index is 1.76. The van der Waals surface area contributed by atoms with Crippen LogP contribution in [0.3, 0.4) is 0 Å². The summed E-state index contributed by atoms with van der Waals surface area (Å²) in [5, 5.41) is 10.5. The molecule has 8 nitrogen and oxygen atoms in total. The zero-order valence-corrected chi connectivity index (χ0v) is 24.7. The van der Waals surface area contributed by atoms with E-state index in [1.807, 2.05) is 25.7 Å². The molecule has 11 heteroatoms. The number of aromatic hydroxyl groups is 1. The number of benzene rings is 2. The molecule has 1 fully saturated rings. The highest BCUT2D eigenvalue weighted by molar-refractivity contribution is 6.00. The van der Waals surface area contributed by atoms with Crippen LogP contribution in [0, 0.1) is 24.4 Å². The number of aromatic nitrogens is 2. The van der Waals surface area contributed by atoms with Gasteiger partial charge in [0.25, 0.3) is 5.56 Å². The van der Waals surface area contributed by atoms with Crippen LogP contribution in [0.2, 0.25) is 0 Å². The molecule has 4 aromatic rings. The summed E-state index contributed by atoms with van der Waals surface area (Å²) in [5.74, 6) is -4.60. The fourth-order valence-electron chi connectivity index (χ4n) is 6.52. The van der Waals surface area contributed by atoms with E-state index < -0.39 is 45.9 Å². The lowest BCUT2D eigenvalue weighted by Crippen LogP contribution is -2.62. The number of rotatable bonds is 4. The predicted octanol–water partition coefficient (Wildman–Crippen LogP) is 5.59. The molecule has 0 radical (unpaired) electrons. The SMILES string of the molecule is C=CC(=O)N1CC(C)N2c3c(c(=O)n(-c4c(C)ccnc4C(C)C)c4c(F)c(-c5c(O)cccc5F)c(F)cc34)OCC2C1. The lowest BCUT2D eigenvalue weighted by atomic mass is 9.96. The van der Waals surface area contributed by atoms with Crippen molar-refractivity contribution in [3.05, 3.63) is 88.2 Å². The number of aryl methyl sites for hydroxylation is 1. The number of ether oxygens (including phenoxy) is 1. The number of pyridine rings is 2. The number of fused-ring (bicyclic) bond motifs is 5. The predicted molar refractivity (Wildman–Crippen MR) is 161 cm³/mol. The minimum atomic E-state index is -1.23. The van der Waals surface area contributed by atoms with Crippen molar-refractivity contribution < 1.29 is 27.8 Å². The summed E-state index contributed by atoms with van der Waals surface area (Å²) < 4.78 is 55.4. The van der Waals surface area contributed by atoms with Gasteiger partial charge in [-0.15, -0.1) is 0 Å². The van der Waals surface area contributed by atoms with E-state index in [1.54, 1.807) is 24.1 Å². The third-order valence-corrected chi connectivity index (χ3v) is 8.40. The summed E-state index contributed by atoms with van der Waals surface area (Å²) in [7, 11) is 0. The van der Waals surface area contributed by atoms with Gasteiger partial charge in [0.05, 0.1) is 39.8 Å². The molecule has 2 aromatic heterocycles. The smallest absolute Gasteiger partial charge is 0.300 e. The van der Waals surface area contributed by atoms with Crippen LogP contribution in [0.4, 0.5) is 18.9 Å². The second kappa shape index (κ2) is 10.7. The first-order valence-corrected chi connectivity index (χ1v) is 14.3. The van der Waals surface area contributed by atoms with Crippen LogP contribution < -0.4 is 15.2 Å². The van der Waals surface area contributed by atoms with Crippen molar-refractivity contribution in [2.75, 3.05) is 24.6 Å². The molecule has 228 valence electrons. The third-order valence-electron chi connectivity index (χ3n) is 8.40. The lowest BCUT2D eigenvalue weighted by Gasteiger charge is -2.49. The van der Waals surface area contributed by atoms with Gasteiger partial charge in [0, 0.05) is 30.7 Å². The highest BCUT2D eigenvalue weighted by Gasteiger charge is 2.42. The average Bonchev–Trinajstić information content (AvgIpc) is 2.98. The number of phenols is 1. The highest BCUT2D eigenvalue weighted by atomic mass is 19.1. The number of amides is 1. The number of nitrogens with zero attached hydrogens (tertiary/aromatic N) is 4. The molecule has 2 aromatic carbocycles. The van der Waals surface area contributed by atoms with E-state index >= 15 is 13.2 Å². The van der Waals surface area contributed by atoms with Crippen molar-refractivity contribution in [1.82, 2.24) is 14.5 Å². The molecule has 1 N–H and O–H groups in total. The Morgan fingerprint density at radius 1 is 1.14 bits per heavy atom. The summed E-state index contributed by atoms with van der Waals surface area (Å²) in [4.78, 5) is 34.9. The number of halogens is 3. The van der Waals surface area contributed by atoms with Crippen LogP contribution in [-0.2, 0) is 4.79 Å². The van der Waals surface area contributed by atoms with Gasteiger partial charge < -0.3 is 19.6 Å². The molecule has 2 aliphatic rings. The fourth-order valence-corrected chi connectivity index (χ4v) is 6.52. The largest absolute Gasteiger partial charge is 0.507 e. The summed E-state index contributed by atoms with van der Waals surface area (Å²) in [6, 6.07) is 5.28. The number of piperazine rings is 1. The number of carbonyl (C=O) groups is 1. The quantitative estimate of drug-likeness (QED) is 0.306. The van der Waals surface area contributed by atoms with Gasteiger partial charge in [-0.05, 0) is 55.7 Å². The number of carbonyl (C=O) groups excluding carboxylic acids is 1. The molecular formula is C33H31F3N4O4. The zero-order chi connectivity index (χ0) is 31.6. The molecule has 0 aliphatic carbocycles. The summed E-state index contributed by atoms with van der Waals surface area (Å²) in [5.41, 5.74) is -0.902. The molecule has 0 bridgehead atoms. The summed E-state index contributed by atoms with van der Waals surface area (Å²) in [6.07, 6.45) is 2.81. The lowest BCUT2D eigenvalue weighted by molar-refractivity contribution is -0.127. The Morgan fingerprint density at radius 2 is 1.89 bits per heavy atom. The number of hydrogen-bond donors (Lipinski definition) is 1. The van der Waals surface area contributed by atoms with E-state index in [-0.39, 0.29) is 59.9 Å². The van der Waals surface area contributed by atoms with E-state index in [0.29, 0.717) is 16.9 Å². The van der Waals surface area contributed by atoms with Crippen molar-refractivity contribution in [3.8, 4) is 28.3 Å². The van der Waals surface area contributed by atoms with Crippen LogP contribution in [0.25, 0.3) is 27.7 Å². The molecule has 2 atom stereocenters. The summed E-state index contributed by atoms with van der Waals surface area (Å²) in [6.45, 7) is 11.5. The Kier molecular flexibility index (Phi) is 7.14. The Labute approximate surface area is 251 Å². The second-order valence-electron chi connectivity index (χ2n) is 11.6. The van der Waals surface area contributed by atoms with Gasteiger partial charge in [-0.2, -0.15) is 0 Å². The maximum absolute atomic E-state index is 17.1. The van der Waals surface area contributed by atoms with E-state index in [0.717, 1.165) is 22.8 Å². The Hall–Kier alpha value is -4.80. The molecule has 2 aliphatic heterocycles. The zero-order valence-electron chi connectivity index (χ0n) is 24.7. The number of phenolic OH excluding ortho intramolecular Hbond substituents is 1. The van der Waals surface area contributed by atoms with Crippen molar-refractivity contribution in [2.45, 2.75) is 45.7 Å². The van der Waals surface area contributed by atoms with Crippen molar-refractivity contribution >= 4 is 22.5 Å². The van der Waals surface area contributed by atoms with Crippen molar-refractivity contribution in [2.24, 2.45) is 0 Å². The van der Waals surface area contributed by atoms with Crippen LogP contribution in [0.1, 0.15) is 37.9 Å². The van der Waals surface area contributed by atoms with E-state index in [2.05, 4.69) is 11.6 Å². The third kappa shape index (κ3) is 4.32. The minimum absolute atomic E-state index is 0.0205. The van der Waals surface area contributed by atoms with Gasteiger partial charge in [-0.1, -0.05) is 26.5 Å². The maximum atomic E-state index is 17.1. The highest BCUT2D eigenvalue weighted by Crippen LogP contribution is 2.46. The summed E-state index contributed by atoms with van der Waals surface area (Å²) >= 11 is 0. The average molecular weight is 605 g/mol. The first kappa shape index (κ1) is 29.3. The van der Waals surface area contributed by atoms with Gasteiger partial charge >= 0.3 is 0 Å². The normalized spacial score (nSPS) is 17.8. The molecular weight excluding hydrogens is 573 g/mol. The van der Waals surface area contributed by atoms with Gasteiger partial charge in [0.2, 0.25) is 11.7 Å². The monoisotopic (exact) mass is 604 g/mol. The van der Waals surface area contributed by atoms with Crippen LogP contribution in [0.5, 0.6) is 11.5 Å². The van der Waals surface area contributed by atoms with Crippen molar-refractivity contribution in [1.29, 1.82) is 0 Å². The first-order chi connectivity index (χ1) is 21.0. The topological polar surface area (TPSA) is 87.9 Å². The van der Waals surface area contributed by atoms with Gasteiger partial charge in [-0.3, -0.25) is 19.1 Å². The molecule has 0 saturated carbocycles. The molecule has 0 spiro atoms. The molecule has 44 heavy (non-hydrogen) atoms. The number of hydrogen-bond acceptors (Lipinski definition) is 6. The van der Waals surface area contributed by atoms with Gasteiger partial charge in [0.1, 0.15) is 24.0 Å². The fraction of sp³-hybridized carbons (Fsp3) is 0.303. The first-order valence-electron chi connectivity index (χ1n) is 14.3. The van der Waals surface area contributed by atoms with E-state index in [1.165, 1.54) is 12.1 Å². The second-order valence-corrected chi connectivity index (χ2v) is 11.6. The minimum Gasteiger partial charge on any atom is -0.507 e. The molecule has 1 amide bonds. The molecule has 4 heterocycles. The maximum Gasteiger partial charge on any atom is 0.300 e. The standard InChI is InChI=1S/C33H31F3N4O4/c1-6-24(42)38-13-18(5)39-19(14-38)15-44-32-31(39)20-12-22(35)26(25-21(34)8-7-9-23(25)41)27(36)30(20)40(33(32)43)29-17(4)10-11-37-28(29)16(2)3/h6-12,16,18-19,41H,1,13-15H2,2-5H3. The van der Waals surface area contributed by atoms with Gasteiger partial charge in [0.15, 0.2) is 5.82 Å². The number of anilines is 1. The van der Waals surface area contributed by atoms with Crippen molar-refractivity contribution in [3.63, 3.8) is 0 Å². The Bertz CT molecular complexity index is 1900. The Morgan fingerprint density at radius 3 is 2.57 bits per heavy atom. The molecule has 6 rings (SSSR count). The van der Waals surface area contributed by atoms with Crippen LogP contribution in [0.15, 0.2) is 54.0 Å². The molecule has 2 unspecified atom stereocenters. The van der Waals surface area contributed by atoms with E-state index in [4.69, 9.17) is 4.74 Å².